The van der Waals surface area contributed by atoms with Crippen LogP contribution in [0.4, 0.5) is 4.39 Å². The first kappa shape index (κ1) is 12.1. The van der Waals surface area contributed by atoms with E-state index in [0.29, 0.717) is 33.0 Å². The molecule has 0 fully saturated rings. The molecule has 4 heteroatoms. The van der Waals surface area contributed by atoms with Gasteiger partial charge in [0.2, 0.25) is 0 Å². The molecular weight excluding hydrogens is 262 g/mol. The molecule has 0 aliphatic heterocycles. The molecule has 0 radical (unpaired) electrons. The molecule has 2 aromatic carbocycles. The summed E-state index contributed by atoms with van der Waals surface area (Å²) in [5.74, 6) is -0.415. The molecule has 2 aromatic rings. The SMILES string of the molecule is O=Cc1ccc(F)cc1-c1cc(Cl)cc(Cl)c1. The van der Waals surface area contributed by atoms with Gasteiger partial charge < -0.3 is 0 Å². The molecule has 0 heterocycles. The van der Waals surface area contributed by atoms with Gasteiger partial charge in [-0.3, -0.25) is 4.79 Å². The van der Waals surface area contributed by atoms with Gasteiger partial charge in [-0.25, -0.2) is 4.39 Å². The molecule has 86 valence electrons. The number of rotatable bonds is 2. The lowest BCUT2D eigenvalue weighted by atomic mass is 10.0. The Bertz CT molecular complexity index is 561. The van der Waals surface area contributed by atoms with Crippen LogP contribution in [0.1, 0.15) is 10.4 Å². The minimum absolute atomic E-state index is 0.393. The lowest BCUT2D eigenvalue weighted by Gasteiger charge is -2.06. The predicted molar refractivity (Wildman–Crippen MR) is 67.2 cm³/mol. The molecule has 0 unspecified atom stereocenters. The van der Waals surface area contributed by atoms with Crippen molar-refractivity contribution in [3.05, 3.63) is 57.8 Å². The van der Waals surface area contributed by atoms with Crippen LogP contribution < -0.4 is 0 Å². The molecule has 0 bridgehead atoms. The van der Waals surface area contributed by atoms with Crippen LogP contribution in [0.5, 0.6) is 0 Å². The highest BCUT2D eigenvalue weighted by Crippen LogP contribution is 2.29. The highest BCUT2D eigenvalue weighted by atomic mass is 35.5. The maximum atomic E-state index is 13.2. The van der Waals surface area contributed by atoms with E-state index in [4.69, 9.17) is 23.2 Å². The highest BCUT2D eigenvalue weighted by molar-refractivity contribution is 6.35. The van der Waals surface area contributed by atoms with Crippen molar-refractivity contribution in [3.8, 4) is 11.1 Å². The number of benzene rings is 2. The normalized spacial score (nSPS) is 10.3. The summed E-state index contributed by atoms with van der Waals surface area (Å²) in [6, 6.07) is 8.79. The summed E-state index contributed by atoms with van der Waals surface area (Å²) in [5, 5.41) is 0.877. The Morgan fingerprint density at radius 2 is 1.65 bits per heavy atom. The average Bonchev–Trinajstić information content (AvgIpc) is 2.27. The molecule has 0 spiro atoms. The molecule has 2 rings (SSSR count). The minimum Gasteiger partial charge on any atom is -0.298 e. The van der Waals surface area contributed by atoms with Crippen LogP contribution in [0.15, 0.2) is 36.4 Å². The lowest BCUT2D eigenvalue weighted by molar-refractivity contribution is 0.112. The van der Waals surface area contributed by atoms with Gasteiger partial charge in [0.15, 0.2) is 6.29 Å². The lowest BCUT2D eigenvalue weighted by Crippen LogP contribution is -1.89. The summed E-state index contributed by atoms with van der Waals surface area (Å²) in [4.78, 5) is 10.9. The maximum absolute atomic E-state index is 13.2. The van der Waals surface area contributed by atoms with Crippen molar-refractivity contribution in [2.24, 2.45) is 0 Å². The molecular formula is C13H7Cl2FO. The highest BCUT2D eigenvalue weighted by Gasteiger charge is 2.08. The third-order valence-electron chi connectivity index (χ3n) is 2.32. The Morgan fingerprint density at radius 3 is 2.24 bits per heavy atom. The molecule has 0 aliphatic carbocycles. The number of carbonyl (C=O) groups excluding carboxylic acids is 1. The average molecular weight is 269 g/mol. The van der Waals surface area contributed by atoms with E-state index < -0.39 is 5.82 Å². The maximum Gasteiger partial charge on any atom is 0.150 e. The Hall–Kier alpha value is -1.38. The quantitative estimate of drug-likeness (QED) is 0.727. The summed E-state index contributed by atoms with van der Waals surface area (Å²) in [6.45, 7) is 0. The zero-order chi connectivity index (χ0) is 12.4. The van der Waals surface area contributed by atoms with Gasteiger partial charge in [-0.15, -0.1) is 0 Å². The van der Waals surface area contributed by atoms with Crippen molar-refractivity contribution in [3.63, 3.8) is 0 Å². The standard InChI is InChI=1S/C13H7Cl2FO/c14-10-3-9(4-11(15)5-10)13-6-12(16)2-1-8(13)7-17/h1-7H. The molecule has 0 saturated heterocycles. The van der Waals surface area contributed by atoms with Crippen LogP contribution in [-0.2, 0) is 0 Å². The van der Waals surface area contributed by atoms with E-state index in [1.807, 2.05) is 0 Å². The fourth-order valence-corrected chi connectivity index (χ4v) is 2.12. The second kappa shape index (κ2) is 4.86. The van der Waals surface area contributed by atoms with Gasteiger partial charge in [0.25, 0.3) is 0 Å². The van der Waals surface area contributed by atoms with Crippen molar-refractivity contribution in [2.45, 2.75) is 0 Å². The Labute approximate surface area is 108 Å². The molecule has 0 amide bonds. The van der Waals surface area contributed by atoms with E-state index in [9.17, 15) is 9.18 Å². The van der Waals surface area contributed by atoms with E-state index in [-0.39, 0.29) is 0 Å². The van der Waals surface area contributed by atoms with Gasteiger partial charge in [0, 0.05) is 15.6 Å². The Kier molecular flexibility index (Phi) is 3.46. The monoisotopic (exact) mass is 268 g/mol. The predicted octanol–water partition coefficient (Wildman–Crippen LogP) is 4.61. The van der Waals surface area contributed by atoms with Crippen LogP contribution in [-0.4, -0.2) is 6.29 Å². The third-order valence-corrected chi connectivity index (χ3v) is 2.75. The largest absolute Gasteiger partial charge is 0.298 e. The van der Waals surface area contributed by atoms with E-state index in [2.05, 4.69) is 0 Å². The molecule has 0 N–H and O–H groups in total. The van der Waals surface area contributed by atoms with Crippen molar-refractivity contribution in [2.75, 3.05) is 0 Å². The fourth-order valence-electron chi connectivity index (χ4n) is 1.59. The Morgan fingerprint density at radius 1 is 1.00 bits per heavy atom. The number of hydrogen-bond donors (Lipinski definition) is 0. The summed E-state index contributed by atoms with van der Waals surface area (Å²) in [5.41, 5.74) is 1.48. The van der Waals surface area contributed by atoms with E-state index in [0.717, 1.165) is 0 Å². The summed E-state index contributed by atoms with van der Waals surface area (Å²) >= 11 is 11.7. The number of halogens is 3. The van der Waals surface area contributed by atoms with E-state index in [1.54, 1.807) is 18.2 Å². The van der Waals surface area contributed by atoms with Gasteiger partial charge in [-0.05, 0) is 47.5 Å². The Balaban J connectivity index is 2.66. The fraction of sp³-hybridized carbons (Fsp3) is 0. The zero-order valence-electron chi connectivity index (χ0n) is 8.58. The summed E-state index contributed by atoms with van der Waals surface area (Å²) in [7, 11) is 0. The third kappa shape index (κ3) is 2.65. The molecule has 0 aliphatic rings. The number of carbonyl (C=O) groups is 1. The van der Waals surface area contributed by atoms with Crippen molar-refractivity contribution in [1.29, 1.82) is 0 Å². The molecule has 0 atom stereocenters. The first-order valence-electron chi connectivity index (χ1n) is 4.81. The van der Waals surface area contributed by atoms with Crippen molar-refractivity contribution < 1.29 is 9.18 Å². The van der Waals surface area contributed by atoms with Gasteiger partial charge in [-0.2, -0.15) is 0 Å². The van der Waals surface area contributed by atoms with Gasteiger partial charge in [0.1, 0.15) is 5.82 Å². The van der Waals surface area contributed by atoms with Crippen LogP contribution >= 0.6 is 23.2 Å². The topological polar surface area (TPSA) is 17.1 Å². The van der Waals surface area contributed by atoms with E-state index >= 15 is 0 Å². The van der Waals surface area contributed by atoms with Crippen LogP contribution in [0.25, 0.3) is 11.1 Å². The van der Waals surface area contributed by atoms with Crippen LogP contribution in [0, 0.1) is 5.82 Å². The number of aldehydes is 1. The van der Waals surface area contributed by atoms with Crippen LogP contribution in [0.3, 0.4) is 0 Å². The first-order valence-corrected chi connectivity index (χ1v) is 5.57. The molecule has 0 aromatic heterocycles. The van der Waals surface area contributed by atoms with Crippen molar-refractivity contribution >= 4 is 29.5 Å². The molecule has 0 saturated carbocycles. The summed E-state index contributed by atoms with van der Waals surface area (Å²) < 4.78 is 13.2. The second-order valence-corrected chi connectivity index (χ2v) is 4.38. The van der Waals surface area contributed by atoms with Crippen molar-refractivity contribution in [1.82, 2.24) is 0 Å². The smallest absolute Gasteiger partial charge is 0.150 e. The zero-order valence-corrected chi connectivity index (χ0v) is 10.1. The second-order valence-electron chi connectivity index (χ2n) is 3.51. The van der Waals surface area contributed by atoms with Crippen LogP contribution in [0.2, 0.25) is 10.0 Å². The molecule has 17 heavy (non-hydrogen) atoms. The summed E-state index contributed by atoms with van der Waals surface area (Å²) in [6.07, 6.45) is 0.670. The number of hydrogen-bond acceptors (Lipinski definition) is 1. The molecule has 1 nitrogen and oxygen atoms in total. The van der Waals surface area contributed by atoms with Gasteiger partial charge >= 0.3 is 0 Å². The minimum atomic E-state index is -0.415. The van der Waals surface area contributed by atoms with E-state index in [1.165, 1.54) is 18.2 Å². The first-order chi connectivity index (χ1) is 8.10. The van der Waals surface area contributed by atoms with Gasteiger partial charge in [0.05, 0.1) is 0 Å². The van der Waals surface area contributed by atoms with Gasteiger partial charge in [-0.1, -0.05) is 23.2 Å².